The average Bonchev–Trinajstić information content (AvgIpc) is 3.22. The zero-order valence-corrected chi connectivity index (χ0v) is 30.8. The second kappa shape index (κ2) is 14.0. The number of aryl methyl sites for hydroxylation is 1. The zero-order chi connectivity index (χ0) is 34.4. The summed E-state index contributed by atoms with van der Waals surface area (Å²) >= 11 is 6.48. The fraction of sp³-hybridized carbons (Fsp3) is 0.658. The molecule has 0 unspecified atom stereocenters. The number of nitrogens with one attached hydrogen (secondary N) is 1. The zero-order valence-electron chi connectivity index (χ0n) is 29.2. The smallest absolute Gasteiger partial charge is 0.264 e. The molecule has 2 aliphatic carbocycles. The van der Waals surface area contributed by atoms with Gasteiger partial charge in [0.25, 0.3) is 5.91 Å². The second-order valence-corrected chi connectivity index (χ2v) is 17.9. The first kappa shape index (κ1) is 35.1. The highest BCUT2D eigenvalue weighted by Gasteiger charge is 2.50. The molecule has 9 nitrogen and oxygen atoms in total. The van der Waals surface area contributed by atoms with Gasteiger partial charge in [-0.25, -0.2) is 13.1 Å². The molecule has 1 N–H and O–H groups in total. The molecule has 5 aliphatic rings. The molecule has 2 bridgehead atoms. The minimum atomic E-state index is -3.91. The third-order valence-corrected chi connectivity index (χ3v) is 14.8. The van der Waals surface area contributed by atoms with E-state index in [1.54, 1.807) is 13.0 Å². The number of ether oxygens (including phenoxy) is 3. The predicted octanol–water partition coefficient (Wildman–Crippen LogP) is 5.82. The van der Waals surface area contributed by atoms with Gasteiger partial charge in [0, 0.05) is 55.8 Å². The van der Waals surface area contributed by atoms with Crippen LogP contribution in [0.15, 0.2) is 36.4 Å². The minimum absolute atomic E-state index is 0.131. The first-order chi connectivity index (χ1) is 23.5. The van der Waals surface area contributed by atoms with Crippen LogP contribution in [-0.2, 0) is 31.3 Å². The van der Waals surface area contributed by atoms with Crippen molar-refractivity contribution in [3.05, 3.63) is 58.1 Å². The van der Waals surface area contributed by atoms with Crippen LogP contribution in [0.1, 0.15) is 80.3 Å². The van der Waals surface area contributed by atoms with Crippen molar-refractivity contribution in [1.29, 1.82) is 0 Å². The fourth-order valence-corrected chi connectivity index (χ4v) is 10.9. The molecular formula is C38H52ClN3O6S. The van der Waals surface area contributed by atoms with Crippen LogP contribution in [0.5, 0.6) is 5.75 Å². The highest BCUT2D eigenvalue weighted by molar-refractivity contribution is 7.90. The molecule has 2 aromatic carbocycles. The van der Waals surface area contributed by atoms with E-state index >= 15 is 0 Å². The number of nitrogens with zero attached hydrogens (tertiary/aromatic N) is 2. The van der Waals surface area contributed by atoms with Crippen LogP contribution in [-0.4, -0.2) is 89.7 Å². The van der Waals surface area contributed by atoms with Crippen molar-refractivity contribution < 1.29 is 27.4 Å². The maximum Gasteiger partial charge on any atom is 0.264 e. The normalized spacial score (nSPS) is 33.7. The molecule has 1 saturated heterocycles. The summed E-state index contributed by atoms with van der Waals surface area (Å²) in [4.78, 5) is 18.5. The van der Waals surface area contributed by atoms with Crippen molar-refractivity contribution in [2.75, 3.05) is 64.6 Å². The van der Waals surface area contributed by atoms with Crippen molar-refractivity contribution >= 4 is 33.2 Å². The third kappa shape index (κ3) is 6.85. The van der Waals surface area contributed by atoms with E-state index in [0.717, 1.165) is 114 Å². The van der Waals surface area contributed by atoms with Crippen molar-refractivity contribution in [3.8, 4) is 5.75 Å². The monoisotopic (exact) mass is 713 g/mol. The third-order valence-electron chi connectivity index (χ3n) is 12.6. The van der Waals surface area contributed by atoms with Crippen LogP contribution in [0, 0.1) is 17.8 Å². The molecule has 2 aromatic rings. The van der Waals surface area contributed by atoms with Gasteiger partial charge < -0.3 is 19.1 Å². The Balaban J connectivity index is 1.30. The summed E-state index contributed by atoms with van der Waals surface area (Å²) in [7, 11) is -2.04. The number of hydrogen-bond donors (Lipinski definition) is 1. The molecule has 1 spiro atoms. The lowest BCUT2D eigenvalue weighted by Gasteiger charge is -2.53. The predicted molar refractivity (Wildman–Crippen MR) is 192 cm³/mol. The number of carbonyl (C=O) groups is 1. The number of benzene rings is 2. The summed E-state index contributed by atoms with van der Waals surface area (Å²) in [5.41, 5.74) is 3.13. The number of sulfonamides is 1. The van der Waals surface area contributed by atoms with Gasteiger partial charge >= 0.3 is 0 Å². The van der Waals surface area contributed by atoms with Crippen LogP contribution in [0.4, 0.5) is 5.69 Å². The Labute approximate surface area is 297 Å². The van der Waals surface area contributed by atoms with Gasteiger partial charge in [-0.15, -0.1) is 0 Å². The highest BCUT2D eigenvalue weighted by atomic mass is 35.5. The number of hydrogen-bond acceptors (Lipinski definition) is 8. The molecule has 49 heavy (non-hydrogen) atoms. The maximum atomic E-state index is 13.6. The number of morpholine rings is 1. The minimum Gasteiger partial charge on any atom is -0.490 e. The molecule has 3 aliphatic heterocycles. The Kier molecular flexibility index (Phi) is 10.0. The van der Waals surface area contributed by atoms with Crippen LogP contribution < -0.4 is 14.4 Å². The molecule has 6 atom stereocenters. The summed E-state index contributed by atoms with van der Waals surface area (Å²) in [6.45, 7) is 9.83. The standard InChI is InChI=1S/C38H52ClN3O6S/c1-26-6-4-15-38(46-3,24-41-16-18-47-19-17-41)33-11-8-30(33)22-42-23-37(14-5-7-28-20-31(39)10-12-32(28)37)25-48-35-13-9-29(21-34(35)42)36(43)40-49(44,45)27(26)2/h9-10,12-13,20-21,26-27,30,33H,4-8,11,14-19,22-25H2,1-3H3,(H,40,43)/t26-,27+,30-,33+,37-,38+/m0/s1. The van der Waals surface area contributed by atoms with Gasteiger partial charge in [0.15, 0.2) is 0 Å². The second-order valence-electron chi connectivity index (χ2n) is 15.4. The van der Waals surface area contributed by atoms with Gasteiger partial charge in [-0.05, 0) is 111 Å². The van der Waals surface area contributed by atoms with Crippen LogP contribution in [0.25, 0.3) is 0 Å². The fourth-order valence-electron chi connectivity index (χ4n) is 9.40. The Bertz CT molecular complexity index is 1650. The number of anilines is 1. The SMILES string of the molecule is CO[C@@]1(CN2CCOCC2)CCC[C@H](C)[C@@H](C)S(=O)(=O)NC(=O)c2ccc3c(c2)N(C[C@@H]2CC[C@H]21)C[C@@]1(CCCc2cc(Cl)ccc21)CO3. The molecule has 0 aromatic heterocycles. The number of halogens is 1. The largest absolute Gasteiger partial charge is 0.490 e. The molecule has 1 saturated carbocycles. The lowest BCUT2D eigenvalue weighted by atomic mass is 9.62. The molecule has 11 heteroatoms. The van der Waals surface area contributed by atoms with Crippen LogP contribution >= 0.6 is 11.6 Å². The summed E-state index contributed by atoms with van der Waals surface area (Å²) in [6, 6.07) is 11.7. The molecular weight excluding hydrogens is 662 g/mol. The van der Waals surface area contributed by atoms with Gasteiger partial charge in [-0.3, -0.25) is 9.69 Å². The van der Waals surface area contributed by atoms with E-state index in [0.29, 0.717) is 24.0 Å². The topological polar surface area (TPSA) is 97.4 Å². The van der Waals surface area contributed by atoms with Crippen LogP contribution in [0.2, 0.25) is 5.02 Å². The number of rotatable bonds is 3. The van der Waals surface area contributed by atoms with Crippen molar-refractivity contribution in [1.82, 2.24) is 9.62 Å². The lowest BCUT2D eigenvalue weighted by Crippen LogP contribution is -2.58. The number of fused-ring (bicyclic) bond motifs is 4. The van der Waals surface area contributed by atoms with E-state index in [2.05, 4.69) is 26.7 Å². The summed E-state index contributed by atoms with van der Waals surface area (Å²) in [5, 5.41) is 0.0267. The van der Waals surface area contributed by atoms with Gasteiger partial charge in [0.1, 0.15) is 5.75 Å². The Hall–Kier alpha value is -2.37. The summed E-state index contributed by atoms with van der Waals surface area (Å²) in [5.74, 6) is 0.726. The Morgan fingerprint density at radius 2 is 1.86 bits per heavy atom. The number of amides is 1. The Morgan fingerprint density at radius 3 is 2.61 bits per heavy atom. The molecule has 3 heterocycles. The van der Waals surface area contributed by atoms with E-state index in [9.17, 15) is 13.2 Å². The molecule has 268 valence electrons. The average molecular weight is 714 g/mol. The van der Waals surface area contributed by atoms with Gasteiger partial charge in [-0.2, -0.15) is 0 Å². The van der Waals surface area contributed by atoms with E-state index < -0.39 is 21.2 Å². The lowest BCUT2D eigenvalue weighted by molar-refractivity contribution is -0.137. The van der Waals surface area contributed by atoms with Gasteiger partial charge in [-0.1, -0.05) is 31.0 Å². The van der Waals surface area contributed by atoms with Gasteiger partial charge in [0.05, 0.1) is 36.4 Å². The van der Waals surface area contributed by atoms with Crippen molar-refractivity contribution in [3.63, 3.8) is 0 Å². The van der Waals surface area contributed by atoms with Crippen molar-refractivity contribution in [2.45, 2.75) is 81.5 Å². The molecule has 0 radical (unpaired) electrons. The Morgan fingerprint density at radius 1 is 1.04 bits per heavy atom. The van der Waals surface area contributed by atoms with E-state index in [1.807, 2.05) is 32.2 Å². The molecule has 7 rings (SSSR count). The van der Waals surface area contributed by atoms with E-state index in [4.69, 9.17) is 25.8 Å². The summed E-state index contributed by atoms with van der Waals surface area (Å²) in [6.07, 6.45) is 7.65. The number of carbonyl (C=O) groups excluding carboxylic acids is 1. The van der Waals surface area contributed by atoms with E-state index in [-0.39, 0.29) is 16.9 Å². The highest BCUT2D eigenvalue weighted by Crippen LogP contribution is 2.50. The quantitative estimate of drug-likeness (QED) is 0.425. The molecule has 1 amide bonds. The summed E-state index contributed by atoms with van der Waals surface area (Å²) < 4.78 is 48.5. The van der Waals surface area contributed by atoms with E-state index in [1.165, 1.54) is 11.1 Å². The van der Waals surface area contributed by atoms with Crippen molar-refractivity contribution in [2.24, 2.45) is 17.8 Å². The number of methoxy groups -OCH3 is 1. The van der Waals surface area contributed by atoms with Crippen LogP contribution in [0.3, 0.4) is 0 Å². The first-order valence-electron chi connectivity index (χ1n) is 18.2. The van der Waals surface area contributed by atoms with Gasteiger partial charge in [0.2, 0.25) is 10.0 Å². The maximum absolute atomic E-state index is 13.6. The molecule has 2 fully saturated rings. The first-order valence-corrected chi connectivity index (χ1v) is 20.2.